The molecule has 5 nitrogen and oxygen atoms in total. The van der Waals surface area contributed by atoms with Crippen LogP contribution in [-0.4, -0.2) is 29.6 Å². The number of ether oxygens (including phenoxy) is 2. The fourth-order valence-corrected chi connectivity index (χ4v) is 4.19. The summed E-state index contributed by atoms with van der Waals surface area (Å²) in [6.07, 6.45) is 4.03. The summed E-state index contributed by atoms with van der Waals surface area (Å²) >= 11 is 6.08. The number of aromatic nitrogens is 1. The molecule has 0 amide bonds. The van der Waals surface area contributed by atoms with Crippen molar-refractivity contribution < 1.29 is 13.9 Å². The van der Waals surface area contributed by atoms with Gasteiger partial charge >= 0.3 is 0 Å². The van der Waals surface area contributed by atoms with Crippen molar-refractivity contribution in [2.45, 2.75) is 25.4 Å². The number of hydrogen-bond donors (Lipinski definition) is 0. The Balaban J connectivity index is 1.34. The molecule has 3 aromatic rings. The number of hydrogen-bond acceptors (Lipinski definition) is 5. The van der Waals surface area contributed by atoms with Crippen molar-refractivity contribution >= 4 is 11.6 Å². The Bertz CT molecular complexity index is 987. The van der Waals surface area contributed by atoms with Gasteiger partial charge in [-0.2, -0.15) is 0 Å². The van der Waals surface area contributed by atoms with Crippen molar-refractivity contribution in [2.24, 2.45) is 0 Å². The molecule has 144 valence electrons. The van der Waals surface area contributed by atoms with Crippen LogP contribution in [0, 0.1) is 0 Å². The van der Waals surface area contributed by atoms with E-state index in [9.17, 15) is 0 Å². The van der Waals surface area contributed by atoms with Gasteiger partial charge in [0.25, 0.3) is 0 Å². The van der Waals surface area contributed by atoms with Gasteiger partial charge in [-0.15, -0.1) is 0 Å². The maximum atomic E-state index is 6.08. The molecule has 2 aliphatic heterocycles. The van der Waals surface area contributed by atoms with Gasteiger partial charge in [-0.1, -0.05) is 23.7 Å². The summed E-state index contributed by atoms with van der Waals surface area (Å²) < 4.78 is 17.1. The van der Waals surface area contributed by atoms with E-state index in [1.807, 2.05) is 30.3 Å². The average molecular weight is 397 g/mol. The molecule has 2 aromatic carbocycles. The highest BCUT2D eigenvalue weighted by atomic mass is 35.5. The second-order valence-corrected chi connectivity index (χ2v) is 7.62. The van der Waals surface area contributed by atoms with Crippen LogP contribution in [0.4, 0.5) is 0 Å². The largest absolute Gasteiger partial charge is 0.486 e. The van der Waals surface area contributed by atoms with E-state index in [1.165, 1.54) is 5.56 Å². The average Bonchev–Trinajstić information content (AvgIpc) is 3.38. The van der Waals surface area contributed by atoms with Crippen molar-refractivity contribution in [1.29, 1.82) is 0 Å². The monoisotopic (exact) mass is 396 g/mol. The second-order valence-electron chi connectivity index (χ2n) is 7.19. The molecule has 0 unspecified atom stereocenters. The lowest BCUT2D eigenvalue weighted by Gasteiger charge is -2.25. The number of fused-ring (bicyclic) bond motifs is 1. The minimum absolute atomic E-state index is 0.349. The van der Waals surface area contributed by atoms with Gasteiger partial charge < -0.3 is 13.9 Å². The minimum Gasteiger partial charge on any atom is -0.486 e. The molecule has 6 heteroatoms. The molecule has 0 spiro atoms. The number of rotatable bonds is 4. The number of benzene rings is 2. The van der Waals surface area contributed by atoms with Gasteiger partial charge in [-0.05, 0) is 55.3 Å². The van der Waals surface area contributed by atoms with Gasteiger partial charge in [0, 0.05) is 23.2 Å². The van der Waals surface area contributed by atoms with E-state index in [4.69, 9.17) is 25.5 Å². The Morgan fingerprint density at radius 3 is 2.86 bits per heavy atom. The highest BCUT2D eigenvalue weighted by molar-refractivity contribution is 6.30. The van der Waals surface area contributed by atoms with Crippen molar-refractivity contribution in [3.05, 3.63) is 65.0 Å². The molecule has 0 aliphatic carbocycles. The number of oxazole rings is 1. The highest BCUT2D eigenvalue weighted by Crippen LogP contribution is 2.38. The molecule has 0 radical (unpaired) electrons. The molecule has 28 heavy (non-hydrogen) atoms. The third-order valence-corrected chi connectivity index (χ3v) is 5.54. The molecule has 2 aliphatic rings. The number of nitrogens with zero attached hydrogens (tertiary/aromatic N) is 2. The Morgan fingerprint density at radius 2 is 1.96 bits per heavy atom. The Morgan fingerprint density at radius 1 is 1.07 bits per heavy atom. The summed E-state index contributed by atoms with van der Waals surface area (Å²) in [5.41, 5.74) is 3.09. The highest BCUT2D eigenvalue weighted by Gasteiger charge is 2.28. The summed E-state index contributed by atoms with van der Waals surface area (Å²) in [7, 11) is 0. The molecule has 0 bridgehead atoms. The Labute approximate surface area is 168 Å². The predicted molar refractivity (Wildman–Crippen MR) is 107 cm³/mol. The first-order valence-electron chi connectivity index (χ1n) is 9.60. The first-order valence-corrected chi connectivity index (χ1v) is 9.98. The van der Waals surface area contributed by atoms with E-state index in [2.05, 4.69) is 22.0 Å². The second kappa shape index (κ2) is 7.49. The third kappa shape index (κ3) is 3.48. The lowest BCUT2D eigenvalue weighted by atomic mass is 10.0. The summed E-state index contributed by atoms with van der Waals surface area (Å²) in [5, 5.41) is 0.676. The summed E-state index contributed by atoms with van der Waals surface area (Å²) in [6, 6.07) is 14.2. The number of halogens is 1. The van der Waals surface area contributed by atoms with Crippen LogP contribution in [0.2, 0.25) is 5.02 Å². The van der Waals surface area contributed by atoms with Gasteiger partial charge in [-0.25, -0.2) is 4.98 Å². The van der Waals surface area contributed by atoms with Crippen molar-refractivity contribution in [3.63, 3.8) is 0 Å². The maximum absolute atomic E-state index is 6.08. The van der Waals surface area contributed by atoms with Gasteiger partial charge in [0.2, 0.25) is 5.89 Å². The van der Waals surface area contributed by atoms with Gasteiger partial charge in [0.15, 0.2) is 11.5 Å². The SMILES string of the molecule is Clc1cccc(-c2nc(CN3CCC[C@H]3c3ccc4c(c3)OCCO4)co2)c1. The third-order valence-electron chi connectivity index (χ3n) is 5.30. The van der Waals surface area contributed by atoms with E-state index in [1.54, 1.807) is 6.26 Å². The smallest absolute Gasteiger partial charge is 0.226 e. The molecule has 0 N–H and O–H groups in total. The molecule has 3 heterocycles. The van der Waals surface area contributed by atoms with Crippen molar-refractivity contribution in [3.8, 4) is 23.0 Å². The normalized spacial score (nSPS) is 19.1. The van der Waals surface area contributed by atoms with Crippen LogP contribution in [-0.2, 0) is 6.54 Å². The van der Waals surface area contributed by atoms with Crippen LogP contribution in [0.15, 0.2) is 53.1 Å². The fraction of sp³-hybridized carbons (Fsp3) is 0.318. The first kappa shape index (κ1) is 17.6. The van der Waals surface area contributed by atoms with Gasteiger partial charge in [0.05, 0.1) is 5.69 Å². The lowest BCUT2D eigenvalue weighted by molar-refractivity contribution is 0.170. The number of likely N-dealkylation sites (tertiary alicyclic amines) is 1. The lowest BCUT2D eigenvalue weighted by Crippen LogP contribution is -2.23. The molecule has 1 aromatic heterocycles. The van der Waals surface area contributed by atoms with E-state index >= 15 is 0 Å². The quantitative estimate of drug-likeness (QED) is 0.613. The van der Waals surface area contributed by atoms with E-state index in [0.717, 1.165) is 48.7 Å². The fourth-order valence-electron chi connectivity index (χ4n) is 4.00. The topological polar surface area (TPSA) is 47.7 Å². The van der Waals surface area contributed by atoms with Crippen molar-refractivity contribution in [1.82, 2.24) is 9.88 Å². The molecule has 0 saturated carbocycles. The predicted octanol–water partition coefficient (Wildman–Crippen LogP) is 5.10. The molecule has 1 fully saturated rings. The van der Waals surface area contributed by atoms with Crippen LogP contribution in [0.1, 0.15) is 30.1 Å². The van der Waals surface area contributed by atoms with Gasteiger partial charge in [-0.3, -0.25) is 4.90 Å². The molecule has 5 rings (SSSR count). The van der Waals surface area contributed by atoms with Gasteiger partial charge in [0.1, 0.15) is 19.5 Å². The molecule has 1 atom stereocenters. The van der Waals surface area contributed by atoms with E-state index in [-0.39, 0.29) is 0 Å². The Hall–Kier alpha value is -2.50. The standard InChI is InChI=1S/C22H21ClN2O3/c23-17-4-1-3-16(11-17)22-24-18(14-28-22)13-25-8-2-5-19(25)15-6-7-20-21(12-15)27-10-9-26-20/h1,3-4,6-7,11-12,14,19H,2,5,8-10,13H2/t19-/m0/s1. The molecular weight excluding hydrogens is 376 g/mol. The zero-order valence-corrected chi connectivity index (χ0v) is 16.2. The summed E-state index contributed by atoms with van der Waals surface area (Å²) in [6.45, 7) is 3.01. The van der Waals surface area contributed by atoms with E-state index < -0.39 is 0 Å². The Kier molecular flexibility index (Phi) is 4.71. The van der Waals surface area contributed by atoms with Crippen LogP contribution >= 0.6 is 11.6 Å². The van der Waals surface area contributed by atoms with Crippen LogP contribution in [0.25, 0.3) is 11.5 Å². The van der Waals surface area contributed by atoms with Crippen LogP contribution in [0.3, 0.4) is 0 Å². The minimum atomic E-state index is 0.349. The summed E-state index contributed by atoms with van der Waals surface area (Å²) in [5.74, 6) is 2.29. The van der Waals surface area contributed by atoms with E-state index in [0.29, 0.717) is 30.2 Å². The zero-order chi connectivity index (χ0) is 18.9. The zero-order valence-electron chi connectivity index (χ0n) is 15.4. The molecule has 1 saturated heterocycles. The van der Waals surface area contributed by atoms with Crippen LogP contribution < -0.4 is 9.47 Å². The molecular formula is C22H21ClN2O3. The van der Waals surface area contributed by atoms with Crippen LogP contribution in [0.5, 0.6) is 11.5 Å². The first-order chi connectivity index (χ1) is 13.8. The maximum Gasteiger partial charge on any atom is 0.226 e. The summed E-state index contributed by atoms with van der Waals surface area (Å²) in [4.78, 5) is 7.12. The van der Waals surface area contributed by atoms with Crippen molar-refractivity contribution in [2.75, 3.05) is 19.8 Å².